The Morgan fingerprint density at radius 3 is 2.48 bits per heavy atom. The normalized spacial score (nSPS) is 21.6. The van der Waals surface area contributed by atoms with Gasteiger partial charge in [0.2, 0.25) is 5.91 Å². The molecule has 3 rings (SSSR count). The minimum absolute atomic E-state index is 0.0870. The molecule has 0 aliphatic carbocycles. The van der Waals surface area contributed by atoms with Gasteiger partial charge in [0.1, 0.15) is 0 Å². The van der Waals surface area contributed by atoms with Gasteiger partial charge in [0.05, 0.1) is 0 Å². The second kappa shape index (κ2) is 6.02. The van der Waals surface area contributed by atoms with Gasteiger partial charge < -0.3 is 4.90 Å². The number of nitrogens with zero attached hydrogens (tertiary/aromatic N) is 2. The first-order valence-corrected chi connectivity index (χ1v) is 7.88. The van der Waals surface area contributed by atoms with Crippen LogP contribution in [0.4, 0.5) is 0 Å². The molecule has 0 radical (unpaired) electrons. The third-order valence-corrected chi connectivity index (χ3v) is 5.08. The molecule has 21 heavy (non-hydrogen) atoms. The maximum atomic E-state index is 11.7. The summed E-state index contributed by atoms with van der Waals surface area (Å²) < 4.78 is 0. The van der Waals surface area contributed by atoms with E-state index >= 15 is 0 Å². The van der Waals surface area contributed by atoms with E-state index in [9.17, 15) is 4.79 Å². The summed E-state index contributed by atoms with van der Waals surface area (Å²) in [5.41, 5.74) is 1.83. The van der Waals surface area contributed by atoms with E-state index in [4.69, 9.17) is 0 Å². The molecule has 1 aromatic rings. The zero-order valence-corrected chi connectivity index (χ0v) is 12.6. The van der Waals surface area contributed by atoms with Crippen molar-refractivity contribution in [2.75, 3.05) is 26.2 Å². The summed E-state index contributed by atoms with van der Waals surface area (Å²) in [5.74, 6) is 0.0870. The highest BCUT2D eigenvalue weighted by molar-refractivity contribution is 5.87. The Morgan fingerprint density at radius 1 is 1.14 bits per heavy atom. The highest BCUT2D eigenvalue weighted by Gasteiger charge is 2.40. The van der Waals surface area contributed by atoms with Crippen molar-refractivity contribution in [2.45, 2.75) is 25.8 Å². The summed E-state index contributed by atoms with van der Waals surface area (Å²) >= 11 is 0. The van der Waals surface area contributed by atoms with E-state index in [1.54, 1.807) is 0 Å². The van der Waals surface area contributed by atoms with Crippen LogP contribution < -0.4 is 0 Å². The second-order valence-electron chi connectivity index (χ2n) is 6.48. The van der Waals surface area contributed by atoms with Crippen molar-refractivity contribution in [3.8, 4) is 0 Å². The van der Waals surface area contributed by atoms with Crippen LogP contribution in [0.1, 0.15) is 24.8 Å². The van der Waals surface area contributed by atoms with Gasteiger partial charge in [-0.05, 0) is 42.9 Å². The Hall–Kier alpha value is -1.61. The predicted octanol–water partition coefficient (Wildman–Crippen LogP) is 2.69. The van der Waals surface area contributed by atoms with Gasteiger partial charge in [-0.15, -0.1) is 0 Å². The molecule has 0 aromatic heterocycles. The van der Waals surface area contributed by atoms with Crippen LogP contribution in [0.5, 0.6) is 0 Å². The molecule has 3 nitrogen and oxygen atoms in total. The van der Waals surface area contributed by atoms with Gasteiger partial charge in [-0.3, -0.25) is 9.69 Å². The molecule has 112 valence electrons. The first-order valence-electron chi connectivity index (χ1n) is 7.88. The lowest BCUT2D eigenvalue weighted by molar-refractivity contribution is -0.128. The standard InChI is InChI=1S/C18H24N2O/c1-2-17(21)20-12-9-18(10-13-20)8-11-19(15-18)14-16-6-4-3-5-7-16/h2-7H,1,8-15H2. The largest absolute Gasteiger partial charge is 0.339 e. The average molecular weight is 284 g/mol. The van der Waals surface area contributed by atoms with Crippen molar-refractivity contribution in [3.63, 3.8) is 0 Å². The monoisotopic (exact) mass is 284 g/mol. The van der Waals surface area contributed by atoms with Gasteiger partial charge in [0.25, 0.3) is 0 Å². The van der Waals surface area contributed by atoms with Crippen molar-refractivity contribution in [1.29, 1.82) is 0 Å². The molecule has 2 saturated heterocycles. The van der Waals surface area contributed by atoms with Crippen LogP contribution in [0.15, 0.2) is 43.0 Å². The number of hydrogen-bond donors (Lipinski definition) is 0. The van der Waals surface area contributed by atoms with Crippen LogP contribution in [0.3, 0.4) is 0 Å². The van der Waals surface area contributed by atoms with Gasteiger partial charge >= 0.3 is 0 Å². The van der Waals surface area contributed by atoms with Crippen molar-refractivity contribution in [3.05, 3.63) is 48.6 Å². The number of carbonyl (C=O) groups excluding carboxylic acids is 1. The van der Waals surface area contributed by atoms with Gasteiger partial charge in [-0.2, -0.15) is 0 Å². The van der Waals surface area contributed by atoms with Crippen LogP contribution in [0.25, 0.3) is 0 Å². The van der Waals surface area contributed by atoms with E-state index in [0.717, 1.165) is 32.5 Å². The summed E-state index contributed by atoms with van der Waals surface area (Å²) in [6, 6.07) is 10.7. The number of piperidine rings is 1. The maximum Gasteiger partial charge on any atom is 0.245 e. The topological polar surface area (TPSA) is 23.6 Å². The Morgan fingerprint density at radius 2 is 1.81 bits per heavy atom. The Balaban J connectivity index is 1.55. The van der Waals surface area contributed by atoms with Crippen LogP contribution >= 0.6 is 0 Å². The SMILES string of the molecule is C=CC(=O)N1CCC2(CCN(Cc3ccccc3)C2)CC1. The summed E-state index contributed by atoms with van der Waals surface area (Å²) in [4.78, 5) is 16.2. The predicted molar refractivity (Wildman–Crippen MR) is 84.8 cm³/mol. The second-order valence-corrected chi connectivity index (χ2v) is 6.48. The van der Waals surface area contributed by atoms with Crippen molar-refractivity contribution >= 4 is 5.91 Å². The molecule has 1 aromatic carbocycles. The highest BCUT2D eigenvalue weighted by Crippen LogP contribution is 2.40. The van der Waals surface area contributed by atoms with Crippen molar-refractivity contribution < 1.29 is 4.79 Å². The molecule has 0 bridgehead atoms. The molecule has 3 heteroatoms. The third kappa shape index (κ3) is 3.18. The molecule has 0 N–H and O–H groups in total. The van der Waals surface area contributed by atoms with Crippen LogP contribution in [-0.2, 0) is 11.3 Å². The zero-order valence-electron chi connectivity index (χ0n) is 12.6. The fraction of sp³-hybridized carbons (Fsp3) is 0.500. The molecule has 2 fully saturated rings. The minimum atomic E-state index is 0.0870. The first kappa shape index (κ1) is 14.3. The molecule has 2 heterocycles. The fourth-order valence-corrected chi connectivity index (χ4v) is 3.74. The van der Waals surface area contributed by atoms with E-state index < -0.39 is 0 Å². The zero-order chi connectivity index (χ0) is 14.7. The summed E-state index contributed by atoms with van der Waals surface area (Å²) in [6.07, 6.45) is 4.99. The smallest absolute Gasteiger partial charge is 0.245 e. The quantitative estimate of drug-likeness (QED) is 0.797. The Labute approximate surface area is 127 Å². The number of carbonyl (C=O) groups is 1. The van der Waals surface area contributed by atoms with Crippen LogP contribution in [0, 0.1) is 5.41 Å². The molecule has 2 aliphatic heterocycles. The van der Waals surface area contributed by atoms with Gasteiger partial charge in [0.15, 0.2) is 0 Å². The Bertz CT molecular complexity index is 503. The van der Waals surface area contributed by atoms with Crippen molar-refractivity contribution in [2.24, 2.45) is 5.41 Å². The number of benzene rings is 1. The molecular formula is C18H24N2O. The van der Waals surface area contributed by atoms with E-state index in [2.05, 4.69) is 41.8 Å². The summed E-state index contributed by atoms with van der Waals surface area (Å²) in [7, 11) is 0. The molecule has 0 unspecified atom stereocenters. The fourth-order valence-electron chi connectivity index (χ4n) is 3.74. The molecule has 2 aliphatic rings. The maximum absolute atomic E-state index is 11.7. The minimum Gasteiger partial charge on any atom is -0.339 e. The van der Waals surface area contributed by atoms with Gasteiger partial charge in [-0.1, -0.05) is 36.9 Å². The Kier molecular flexibility index (Phi) is 4.11. The molecule has 1 amide bonds. The number of hydrogen-bond acceptors (Lipinski definition) is 2. The molecule has 1 spiro atoms. The van der Waals surface area contributed by atoms with E-state index in [-0.39, 0.29) is 5.91 Å². The molecule has 0 atom stereocenters. The highest BCUT2D eigenvalue weighted by atomic mass is 16.2. The number of amides is 1. The van der Waals surface area contributed by atoms with E-state index in [1.807, 2.05) is 4.90 Å². The summed E-state index contributed by atoms with van der Waals surface area (Å²) in [5, 5.41) is 0. The summed E-state index contributed by atoms with van der Waals surface area (Å²) in [6.45, 7) is 8.79. The van der Waals surface area contributed by atoms with Crippen LogP contribution in [-0.4, -0.2) is 41.9 Å². The van der Waals surface area contributed by atoms with Gasteiger partial charge in [-0.25, -0.2) is 0 Å². The lowest BCUT2D eigenvalue weighted by Gasteiger charge is -2.39. The third-order valence-electron chi connectivity index (χ3n) is 5.08. The first-order chi connectivity index (χ1) is 10.2. The lowest BCUT2D eigenvalue weighted by atomic mass is 9.78. The number of likely N-dealkylation sites (tertiary alicyclic amines) is 2. The number of rotatable bonds is 3. The van der Waals surface area contributed by atoms with Crippen molar-refractivity contribution in [1.82, 2.24) is 9.80 Å². The lowest BCUT2D eigenvalue weighted by Crippen LogP contribution is -2.43. The molecular weight excluding hydrogens is 260 g/mol. The van der Waals surface area contributed by atoms with Gasteiger partial charge in [0, 0.05) is 26.2 Å². The average Bonchev–Trinajstić information content (AvgIpc) is 2.91. The van der Waals surface area contributed by atoms with E-state index in [0.29, 0.717) is 5.41 Å². The molecule has 0 saturated carbocycles. The van der Waals surface area contributed by atoms with Crippen LogP contribution in [0.2, 0.25) is 0 Å². The van der Waals surface area contributed by atoms with E-state index in [1.165, 1.54) is 31.1 Å².